The van der Waals surface area contributed by atoms with Gasteiger partial charge in [0, 0.05) is 25.9 Å². The van der Waals surface area contributed by atoms with Gasteiger partial charge in [0.05, 0.1) is 12.0 Å². The van der Waals surface area contributed by atoms with Gasteiger partial charge in [0.15, 0.2) is 0 Å². The Morgan fingerprint density at radius 2 is 2.20 bits per heavy atom. The Balaban J connectivity index is 1.99. The quantitative estimate of drug-likeness (QED) is 0.812. The highest BCUT2D eigenvalue weighted by Gasteiger charge is 2.39. The fraction of sp³-hybridized carbons (Fsp3) is 0.562. The second-order valence-corrected chi connectivity index (χ2v) is 5.57. The van der Waals surface area contributed by atoms with Crippen molar-refractivity contribution in [3.05, 3.63) is 29.8 Å². The number of anilines is 1. The van der Waals surface area contributed by atoms with E-state index in [0.717, 1.165) is 30.5 Å². The molecule has 0 saturated heterocycles. The average Bonchev–Trinajstić information content (AvgIpc) is 2.40. The molecule has 1 aromatic carbocycles. The van der Waals surface area contributed by atoms with Crippen molar-refractivity contribution >= 4 is 11.6 Å². The lowest BCUT2D eigenvalue weighted by Crippen LogP contribution is -2.45. The van der Waals surface area contributed by atoms with Crippen molar-refractivity contribution in [3.63, 3.8) is 0 Å². The summed E-state index contributed by atoms with van der Waals surface area (Å²) in [6, 6.07) is 7.70. The van der Waals surface area contributed by atoms with Crippen molar-refractivity contribution in [1.82, 2.24) is 4.90 Å². The van der Waals surface area contributed by atoms with E-state index in [1.54, 1.807) is 7.11 Å². The number of rotatable bonds is 6. The SMILES string of the molecule is CCN(Cc1cccc(N)c1)C(=O)CC1(OC)CCC1. The summed E-state index contributed by atoms with van der Waals surface area (Å²) in [6.07, 6.45) is 3.62. The summed E-state index contributed by atoms with van der Waals surface area (Å²) in [5, 5.41) is 0. The van der Waals surface area contributed by atoms with E-state index in [1.807, 2.05) is 36.1 Å². The van der Waals surface area contributed by atoms with E-state index in [0.29, 0.717) is 19.5 Å². The molecule has 0 bridgehead atoms. The maximum absolute atomic E-state index is 12.4. The number of methoxy groups -OCH3 is 1. The van der Waals surface area contributed by atoms with E-state index in [9.17, 15) is 4.79 Å². The molecular formula is C16H24N2O2. The average molecular weight is 276 g/mol. The number of benzene rings is 1. The first-order valence-electron chi connectivity index (χ1n) is 7.26. The van der Waals surface area contributed by atoms with Gasteiger partial charge in [-0.25, -0.2) is 0 Å². The molecule has 0 aliphatic heterocycles. The van der Waals surface area contributed by atoms with E-state index in [-0.39, 0.29) is 11.5 Å². The molecule has 20 heavy (non-hydrogen) atoms. The zero-order valence-electron chi connectivity index (χ0n) is 12.4. The van der Waals surface area contributed by atoms with Crippen LogP contribution in [0.25, 0.3) is 0 Å². The third kappa shape index (κ3) is 3.31. The van der Waals surface area contributed by atoms with Crippen LogP contribution in [-0.4, -0.2) is 30.1 Å². The van der Waals surface area contributed by atoms with E-state index < -0.39 is 0 Å². The first-order valence-corrected chi connectivity index (χ1v) is 7.26. The molecule has 2 rings (SSSR count). The van der Waals surface area contributed by atoms with Gasteiger partial charge in [-0.2, -0.15) is 0 Å². The van der Waals surface area contributed by atoms with Crippen LogP contribution in [0, 0.1) is 0 Å². The lowest BCUT2D eigenvalue weighted by atomic mass is 9.77. The van der Waals surface area contributed by atoms with Gasteiger partial charge in [0.25, 0.3) is 0 Å². The number of carbonyl (C=O) groups excluding carboxylic acids is 1. The predicted octanol–water partition coefficient (Wildman–Crippen LogP) is 2.58. The van der Waals surface area contributed by atoms with Gasteiger partial charge in [-0.3, -0.25) is 4.79 Å². The Kier molecular flexibility index (Phi) is 4.65. The molecule has 0 atom stereocenters. The Labute approximate surface area is 120 Å². The molecule has 0 radical (unpaired) electrons. The van der Waals surface area contributed by atoms with Crippen LogP contribution in [0.15, 0.2) is 24.3 Å². The zero-order valence-corrected chi connectivity index (χ0v) is 12.4. The third-order valence-corrected chi connectivity index (χ3v) is 4.23. The zero-order chi connectivity index (χ0) is 14.6. The summed E-state index contributed by atoms with van der Waals surface area (Å²) >= 11 is 0. The molecule has 2 N–H and O–H groups in total. The van der Waals surface area contributed by atoms with E-state index >= 15 is 0 Å². The number of nitrogens with two attached hydrogens (primary N) is 1. The molecule has 0 spiro atoms. The van der Waals surface area contributed by atoms with Gasteiger partial charge >= 0.3 is 0 Å². The Hall–Kier alpha value is -1.55. The van der Waals surface area contributed by atoms with Crippen molar-refractivity contribution < 1.29 is 9.53 Å². The maximum atomic E-state index is 12.4. The van der Waals surface area contributed by atoms with Crippen LogP contribution in [-0.2, 0) is 16.1 Å². The molecule has 1 fully saturated rings. The smallest absolute Gasteiger partial charge is 0.225 e. The Morgan fingerprint density at radius 1 is 1.45 bits per heavy atom. The van der Waals surface area contributed by atoms with Crippen molar-refractivity contribution in [1.29, 1.82) is 0 Å². The molecule has 0 unspecified atom stereocenters. The first-order chi connectivity index (χ1) is 9.58. The van der Waals surface area contributed by atoms with Gasteiger partial charge in [-0.05, 0) is 43.9 Å². The lowest BCUT2D eigenvalue weighted by Gasteiger charge is -2.41. The monoisotopic (exact) mass is 276 g/mol. The molecular weight excluding hydrogens is 252 g/mol. The number of hydrogen-bond donors (Lipinski definition) is 1. The van der Waals surface area contributed by atoms with Crippen LogP contribution in [0.2, 0.25) is 0 Å². The Bertz CT molecular complexity index is 464. The maximum Gasteiger partial charge on any atom is 0.225 e. The summed E-state index contributed by atoms with van der Waals surface area (Å²) in [5.74, 6) is 0.163. The van der Waals surface area contributed by atoms with Gasteiger partial charge in [-0.15, -0.1) is 0 Å². The predicted molar refractivity (Wildman–Crippen MR) is 80.2 cm³/mol. The van der Waals surface area contributed by atoms with Gasteiger partial charge in [0.1, 0.15) is 0 Å². The Morgan fingerprint density at radius 3 is 2.70 bits per heavy atom. The van der Waals surface area contributed by atoms with Crippen LogP contribution < -0.4 is 5.73 Å². The minimum Gasteiger partial charge on any atom is -0.399 e. The minimum atomic E-state index is -0.208. The van der Waals surface area contributed by atoms with Crippen LogP contribution in [0.4, 0.5) is 5.69 Å². The minimum absolute atomic E-state index is 0.163. The summed E-state index contributed by atoms with van der Waals surface area (Å²) in [7, 11) is 1.71. The largest absolute Gasteiger partial charge is 0.399 e. The van der Waals surface area contributed by atoms with Crippen LogP contribution in [0.1, 0.15) is 38.2 Å². The summed E-state index contributed by atoms with van der Waals surface area (Å²) in [6.45, 7) is 3.32. The number of nitrogen functional groups attached to an aromatic ring is 1. The summed E-state index contributed by atoms with van der Waals surface area (Å²) < 4.78 is 5.54. The highest BCUT2D eigenvalue weighted by Crippen LogP contribution is 2.38. The molecule has 1 aliphatic rings. The number of amides is 1. The summed E-state index contributed by atoms with van der Waals surface area (Å²) in [4.78, 5) is 14.3. The van der Waals surface area contributed by atoms with Crippen LogP contribution in [0.3, 0.4) is 0 Å². The van der Waals surface area contributed by atoms with Crippen molar-refractivity contribution in [2.45, 2.75) is 44.8 Å². The fourth-order valence-electron chi connectivity index (χ4n) is 2.70. The fourth-order valence-corrected chi connectivity index (χ4v) is 2.70. The van der Waals surface area contributed by atoms with Crippen LogP contribution in [0.5, 0.6) is 0 Å². The van der Waals surface area contributed by atoms with Gasteiger partial charge in [-0.1, -0.05) is 12.1 Å². The molecule has 4 nitrogen and oxygen atoms in total. The number of ether oxygens (including phenoxy) is 1. The second-order valence-electron chi connectivity index (χ2n) is 5.57. The van der Waals surface area contributed by atoms with Crippen molar-refractivity contribution in [2.75, 3.05) is 19.4 Å². The lowest BCUT2D eigenvalue weighted by molar-refractivity contribution is -0.144. The molecule has 1 aromatic rings. The van der Waals surface area contributed by atoms with E-state index in [4.69, 9.17) is 10.5 Å². The number of hydrogen-bond acceptors (Lipinski definition) is 3. The second kappa shape index (κ2) is 6.27. The first kappa shape index (κ1) is 14.9. The molecule has 110 valence electrons. The molecule has 0 aromatic heterocycles. The van der Waals surface area contributed by atoms with Crippen LogP contribution >= 0.6 is 0 Å². The van der Waals surface area contributed by atoms with Crippen molar-refractivity contribution in [3.8, 4) is 0 Å². The molecule has 1 saturated carbocycles. The van der Waals surface area contributed by atoms with Gasteiger partial charge in [0.2, 0.25) is 5.91 Å². The normalized spacial score (nSPS) is 16.5. The third-order valence-electron chi connectivity index (χ3n) is 4.23. The standard InChI is InChI=1S/C16H24N2O2/c1-3-18(12-13-6-4-7-14(17)10-13)15(19)11-16(20-2)8-5-9-16/h4,6-7,10H,3,5,8-9,11-12,17H2,1-2H3. The summed E-state index contributed by atoms with van der Waals surface area (Å²) in [5.41, 5.74) is 7.38. The molecule has 1 aliphatic carbocycles. The molecule has 0 heterocycles. The number of carbonyl (C=O) groups is 1. The van der Waals surface area contributed by atoms with E-state index in [1.165, 1.54) is 0 Å². The van der Waals surface area contributed by atoms with Gasteiger partial charge < -0.3 is 15.4 Å². The van der Waals surface area contributed by atoms with E-state index in [2.05, 4.69) is 0 Å². The topological polar surface area (TPSA) is 55.6 Å². The molecule has 1 amide bonds. The molecule has 4 heteroatoms. The highest BCUT2D eigenvalue weighted by molar-refractivity contribution is 5.77. The highest BCUT2D eigenvalue weighted by atomic mass is 16.5. The van der Waals surface area contributed by atoms with Crippen molar-refractivity contribution in [2.24, 2.45) is 0 Å². The number of nitrogens with zero attached hydrogens (tertiary/aromatic N) is 1.